The van der Waals surface area contributed by atoms with E-state index in [9.17, 15) is 14.9 Å². The minimum Gasteiger partial charge on any atom is -0.493 e. The molecular weight excluding hydrogens is 364 g/mol. The second-order valence-electron chi connectivity index (χ2n) is 6.67. The molecule has 0 atom stereocenters. The first kappa shape index (κ1) is 21.4. The number of nitrogens with zero attached hydrogens (tertiary/aromatic N) is 1. The first-order valence-electron chi connectivity index (χ1n) is 9.13. The lowest BCUT2D eigenvalue weighted by molar-refractivity contribution is -0.148. The average molecular weight is 390 g/mol. The maximum Gasteiger partial charge on any atom is 0.310 e. The molecule has 0 unspecified atom stereocenters. The Morgan fingerprint density at radius 3 is 2.18 bits per heavy atom. The van der Waals surface area contributed by atoms with Crippen LogP contribution in [0.4, 0.5) is 0 Å². The Labute approximate surface area is 164 Å². The summed E-state index contributed by atoms with van der Waals surface area (Å²) < 4.78 is 20.8. The van der Waals surface area contributed by atoms with Gasteiger partial charge in [0, 0.05) is 0 Å². The Bertz CT molecular complexity index is 725. The fraction of sp³-hybridized carbons (Fsp3) is 0.550. The van der Waals surface area contributed by atoms with Crippen molar-refractivity contribution in [3.63, 3.8) is 0 Å². The Hall–Kier alpha value is -2.95. The summed E-state index contributed by atoms with van der Waals surface area (Å²) in [7, 11) is 4.47. The lowest BCUT2D eigenvalue weighted by Crippen LogP contribution is -2.50. The van der Waals surface area contributed by atoms with Gasteiger partial charge in [-0.05, 0) is 30.5 Å². The van der Waals surface area contributed by atoms with Gasteiger partial charge in [0.05, 0.1) is 33.8 Å². The van der Waals surface area contributed by atoms with Gasteiger partial charge in [0.15, 0.2) is 18.1 Å². The van der Waals surface area contributed by atoms with Gasteiger partial charge in [-0.25, -0.2) is 0 Å². The number of hydrogen-bond donors (Lipinski definition) is 1. The normalized spacial score (nSPS) is 15.1. The van der Waals surface area contributed by atoms with Crippen LogP contribution in [0.5, 0.6) is 17.2 Å². The van der Waals surface area contributed by atoms with Gasteiger partial charge >= 0.3 is 5.97 Å². The van der Waals surface area contributed by atoms with Gasteiger partial charge in [0.25, 0.3) is 5.91 Å². The van der Waals surface area contributed by atoms with Crippen LogP contribution in [-0.2, 0) is 20.7 Å². The Morgan fingerprint density at radius 2 is 1.68 bits per heavy atom. The number of rotatable bonds is 8. The van der Waals surface area contributed by atoms with Crippen molar-refractivity contribution in [2.45, 2.75) is 44.1 Å². The summed E-state index contributed by atoms with van der Waals surface area (Å²) in [6.07, 6.45) is 4.03. The molecule has 0 aromatic heterocycles. The predicted molar refractivity (Wildman–Crippen MR) is 100 cm³/mol. The summed E-state index contributed by atoms with van der Waals surface area (Å²) >= 11 is 0. The van der Waals surface area contributed by atoms with Gasteiger partial charge in [-0.3, -0.25) is 9.59 Å². The third-order valence-corrected chi connectivity index (χ3v) is 4.74. The summed E-state index contributed by atoms with van der Waals surface area (Å²) in [5.74, 6) is 0.239. The van der Waals surface area contributed by atoms with Crippen LogP contribution >= 0.6 is 0 Å². The molecule has 1 aromatic carbocycles. The highest BCUT2D eigenvalue weighted by Gasteiger charge is 2.33. The number of carbonyl (C=O) groups is 2. The van der Waals surface area contributed by atoms with Gasteiger partial charge in [-0.2, -0.15) is 5.26 Å². The van der Waals surface area contributed by atoms with E-state index < -0.39 is 24.0 Å². The van der Waals surface area contributed by atoms with Gasteiger partial charge in [-0.1, -0.05) is 19.3 Å². The van der Waals surface area contributed by atoms with Crippen LogP contribution in [0.2, 0.25) is 0 Å². The van der Waals surface area contributed by atoms with Crippen molar-refractivity contribution in [3.05, 3.63) is 17.7 Å². The third-order valence-electron chi connectivity index (χ3n) is 4.74. The lowest BCUT2D eigenvalue weighted by Gasteiger charge is -2.31. The van der Waals surface area contributed by atoms with Crippen molar-refractivity contribution in [3.8, 4) is 23.3 Å². The molecule has 0 spiro atoms. The summed E-state index contributed by atoms with van der Waals surface area (Å²) in [6.45, 7) is -0.424. The Morgan fingerprint density at radius 1 is 1.07 bits per heavy atom. The topological polar surface area (TPSA) is 107 Å². The van der Waals surface area contributed by atoms with Crippen LogP contribution in [-0.4, -0.2) is 45.4 Å². The standard InChI is InChI=1S/C20H26N2O6/c1-25-15-9-14(10-16(26-2)19(15)27-3)11-18(24)28-12-17(23)22-20(13-21)7-5-4-6-8-20/h9-10H,4-8,11-12H2,1-3H3,(H,22,23). The average Bonchev–Trinajstić information content (AvgIpc) is 2.72. The fourth-order valence-corrected chi connectivity index (χ4v) is 3.32. The van der Waals surface area contributed by atoms with Crippen molar-refractivity contribution in [2.75, 3.05) is 27.9 Å². The number of nitriles is 1. The SMILES string of the molecule is COc1cc(CC(=O)OCC(=O)NC2(C#N)CCCCC2)cc(OC)c1OC. The highest BCUT2D eigenvalue weighted by molar-refractivity contribution is 5.82. The van der Waals surface area contributed by atoms with E-state index in [-0.39, 0.29) is 6.42 Å². The molecule has 0 bridgehead atoms. The van der Waals surface area contributed by atoms with E-state index in [2.05, 4.69) is 11.4 Å². The van der Waals surface area contributed by atoms with Crippen molar-refractivity contribution in [1.29, 1.82) is 5.26 Å². The zero-order chi connectivity index (χ0) is 20.6. The first-order chi connectivity index (χ1) is 13.5. The molecule has 8 heteroatoms. The predicted octanol–water partition coefficient (Wildman–Crippen LogP) is 2.14. The molecular formula is C20H26N2O6. The Kier molecular flexibility index (Phi) is 7.50. The van der Waals surface area contributed by atoms with E-state index >= 15 is 0 Å². The van der Waals surface area contributed by atoms with Crippen LogP contribution in [0, 0.1) is 11.3 Å². The zero-order valence-corrected chi connectivity index (χ0v) is 16.5. The van der Waals surface area contributed by atoms with E-state index in [4.69, 9.17) is 18.9 Å². The first-order valence-corrected chi connectivity index (χ1v) is 9.13. The molecule has 1 aliphatic carbocycles. The molecule has 2 rings (SSSR count). The molecule has 28 heavy (non-hydrogen) atoms. The molecule has 1 fully saturated rings. The van der Waals surface area contributed by atoms with Crippen LogP contribution in [0.3, 0.4) is 0 Å². The van der Waals surface area contributed by atoms with Crippen LogP contribution < -0.4 is 19.5 Å². The number of methoxy groups -OCH3 is 3. The number of ether oxygens (including phenoxy) is 4. The molecule has 8 nitrogen and oxygen atoms in total. The smallest absolute Gasteiger partial charge is 0.310 e. The highest BCUT2D eigenvalue weighted by Crippen LogP contribution is 2.38. The minimum absolute atomic E-state index is 0.0621. The molecule has 152 valence electrons. The van der Waals surface area contributed by atoms with E-state index in [0.29, 0.717) is 35.7 Å². The third kappa shape index (κ3) is 5.28. The van der Waals surface area contributed by atoms with Crippen molar-refractivity contribution in [1.82, 2.24) is 5.32 Å². The highest BCUT2D eigenvalue weighted by atomic mass is 16.5. The summed E-state index contributed by atoms with van der Waals surface area (Å²) in [5.41, 5.74) is -0.251. The second-order valence-corrected chi connectivity index (χ2v) is 6.67. The molecule has 1 N–H and O–H groups in total. The van der Waals surface area contributed by atoms with Gasteiger partial charge in [-0.15, -0.1) is 0 Å². The molecule has 1 saturated carbocycles. The van der Waals surface area contributed by atoms with Crippen LogP contribution in [0.1, 0.15) is 37.7 Å². The largest absolute Gasteiger partial charge is 0.493 e. The van der Waals surface area contributed by atoms with Crippen LogP contribution in [0.15, 0.2) is 12.1 Å². The van der Waals surface area contributed by atoms with Gasteiger partial charge < -0.3 is 24.3 Å². The maximum absolute atomic E-state index is 12.1. The summed E-state index contributed by atoms with van der Waals surface area (Å²) in [4.78, 5) is 24.3. The van der Waals surface area contributed by atoms with Crippen molar-refractivity contribution in [2.24, 2.45) is 0 Å². The maximum atomic E-state index is 12.1. The van der Waals surface area contributed by atoms with E-state index in [1.807, 2.05) is 0 Å². The zero-order valence-electron chi connectivity index (χ0n) is 16.5. The van der Waals surface area contributed by atoms with Crippen molar-refractivity contribution >= 4 is 11.9 Å². The molecule has 0 heterocycles. The van der Waals surface area contributed by atoms with Gasteiger partial charge in [0.2, 0.25) is 5.75 Å². The second kappa shape index (κ2) is 9.83. The molecule has 1 amide bonds. The summed E-state index contributed by atoms with van der Waals surface area (Å²) in [5, 5.41) is 12.1. The molecule has 1 aliphatic rings. The monoisotopic (exact) mass is 390 g/mol. The number of esters is 1. The number of nitrogens with one attached hydrogen (secondary N) is 1. The van der Waals surface area contributed by atoms with E-state index in [1.54, 1.807) is 12.1 Å². The lowest BCUT2D eigenvalue weighted by atomic mass is 9.83. The molecule has 0 radical (unpaired) electrons. The quantitative estimate of drug-likeness (QED) is 0.678. The Balaban J connectivity index is 1.93. The molecule has 1 aromatic rings. The number of benzene rings is 1. The minimum atomic E-state index is -0.849. The summed E-state index contributed by atoms with van der Waals surface area (Å²) in [6, 6.07) is 5.50. The molecule has 0 saturated heterocycles. The van der Waals surface area contributed by atoms with Crippen molar-refractivity contribution < 1.29 is 28.5 Å². The number of hydrogen-bond acceptors (Lipinski definition) is 7. The number of amides is 1. The van der Waals surface area contributed by atoms with E-state index in [1.165, 1.54) is 21.3 Å². The van der Waals surface area contributed by atoms with Crippen LogP contribution in [0.25, 0.3) is 0 Å². The molecule has 0 aliphatic heterocycles. The van der Waals surface area contributed by atoms with E-state index in [0.717, 1.165) is 19.3 Å². The number of carbonyl (C=O) groups excluding carboxylic acids is 2. The fourth-order valence-electron chi connectivity index (χ4n) is 3.32. The van der Waals surface area contributed by atoms with Gasteiger partial charge in [0.1, 0.15) is 5.54 Å².